The lowest BCUT2D eigenvalue weighted by Crippen LogP contribution is -2.33. The summed E-state index contributed by atoms with van der Waals surface area (Å²) >= 11 is 0. The fourth-order valence-electron chi connectivity index (χ4n) is 3.47. The summed E-state index contributed by atoms with van der Waals surface area (Å²) in [6.45, 7) is 10.6. The summed E-state index contributed by atoms with van der Waals surface area (Å²) in [6.07, 6.45) is 6.72. The number of likely N-dealkylation sites (tertiary alicyclic amines) is 1. The molecule has 0 amide bonds. The largest absolute Gasteiger partial charge is 0.388 e. The number of rotatable bonds is 8. The van der Waals surface area contributed by atoms with Gasteiger partial charge < -0.3 is 10.0 Å². The van der Waals surface area contributed by atoms with Crippen LogP contribution in [0.25, 0.3) is 0 Å². The lowest BCUT2D eigenvalue weighted by atomic mass is 9.98. The van der Waals surface area contributed by atoms with Gasteiger partial charge >= 0.3 is 0 Å². The molecular weight excluding hydrogens is 282 g/mol. The maximum atomic E-state index is 10.4. The van der Waals surface area contributed by atoms with Crippen LogP contribution in [0.5, 0.6) is 0 Å². The average molecular weight is 318 g/mol. The van der Waals surface area contributed by atoms with Crippen LogP contribution in [-0.4, -0.2) is 29.6 Å². The minimum Gasteiger partial charge on any atom is -0.388 e. The molecule has 1 aliphatic rings. The molecule has 1 N–H and O–H groups in total. The van der Waals surface area contributed by atoms with Crippen LogP contribution in [-0.2, 0) is 6.42 Å². The molecule has 1 atom stereocenters. The first kappa shape index (κ1) is 18.5. The Morgan fingerprint density at radius 2 is 1.74 bits per heavy atom. The quantitative estimate of drug-likeness (QED) is 0.695. The number of piperidine rings is 1. The van der Waals surface area contributed by atoms with Crippen molar-refractivity contribution in [3.8, 4) is 0 Å². The topological polar surface area (TPSA) is 23.5 Å². The van der Waals surface area contributed by atoms with Crippen molar-refractivity contribution in [1.82, 2.24) is 4.90 Å². The molecule has 0 aliphatic carbocycles. The molecule has 1 aliphatic heterocycles. The van der Waals surface area contributed by atoms with Gasteiger partial charge in [-0.15, -0.1) is 0 Å². The number of aliphatic hydroxyl groups is 1. The predicted molar refractivity (Wildman–Crippen MR) is 98.6 cm³/mol. The molecule has 1 fully saturated rings. The van der Waals surface area contributed by atoms with Crippen molar-refractivity contribution in [2.24, 2.45) is 11.8 Å². The molecule has 0 bridgehead atoms. The molecule has 0 saturated carbocycles. The maximum absolute atomic E-state index is 10.4. The number of unbranched alkanes of at least 4 members (excludes halogenated alkanes) is 1. The Morgan fingerprint density at radius 3 is 2.35 bits per heavy atom. The predicted octanol–water partition coefficient (Wildman–Crippen LogP) is 4.82. The van der Waals surface area contributed by atoms with E-state index < -0.39 is 0 Å². The van der Waals surface area contributed by atoms with Crippen LogP contribution < -0.4 is 0 Å². The minimum absolute atomic E-state index is 0.301. The second kappa shape index (κ2) is 9.44. The Kier molecular flexibility index (Phi) is 7.58. The van der Waals surface area contributed by atoms with Crippen LogP contribution in [0.15, 0.2) is 24.3 Å². The Hall–Kier alpha value is -0.860. The fraction of sp³-hybridized carbons (Fsp3) is 0.714. The summed E-state index contributed by atoms with van der Waals surface area (Å²) < 4.78 is 0. The molecular formula is C21H35NO. The Labute approximate surface area is 142 Å². The molecule has 0 radical (unpaired) electrons. The zero-order valence-corrected chi connectivity index (χ0v) is 15.3. The zero-order valence-electron chi connectivity index (χ0n) is 15.3. The second-order valence-corrected chi connectivity index (χ2v) is 7.88. The number of hydrogen-bond donors (Lipinski definition) is 1. The summed E-state index contributed by atoms with van der Waals surface area (Å²) in [7, 11) is 0. The normalized spacial score (nSPS) is 18.5. The van der Waals surface area contributed by atoms with Gasteiger partial charge in [-0.25, -0.2) is 0 Å². The molecule has 0 aromatic heterocycles. The van der Waals surface area contributed by atoms with Crippen LogP contribution in [0.4, 0.5) is 0 Å². The lowest BCUT2D eigenvalue weighted by Gasteiger charge is -2.30. The highest BCUT2D eigenvalue weighted by molar-refractivity contribution is 5.24. The van der Waals surface area contributed by atoms with E-state index in [4.69, 9.17) is 0 Å². The third-order valence-electron chi connectivity index (χ3n) is 5.09. The second-order valence-electron chi connectivity index (χ2n) is 7.88. The van der Waals surface area contributed by atoms with Gasteiger partial charge in [-0.3, -0.25) is 0 Å². The first-order valence-electron chi connectivity index (χ1n) is 9.54. The van der Waals surface area contributed by atoms with Crippen LogP contribution in [0, 0.1) is 11.8 Å². The van der Waals surface area contributed by atoms with Gasteiger partial charge in [0, 0.05) is 0 Å². The van der Waals surface area contributed by atoms with Crippen molar-refractivity contribution in [2.75, 3.05) is 19.6 Å². The third kappa shape index (κ3) is 6.64. The lowest BCUT2D eigenvalue weighted by molar-refractivity contribution is 0.155. The van der Waals surface area contributed by atoms with Gasteiger partial charge in [0.15, 0.2) is 0 Å². The molecule has 1 saturated heterocycles. The van der Waals surface area contributed by atoms with Gasteiger partial charge in [0.2, 0.25) is 0 Å². The van der Waals surface area contributed by atoms with Crippen LogP contribution in [0.2, 0.25) is 0 Å². The smallest absolute Gasteiger partial charge is 0.0790 e. The Balaban J connectivity index is 1.65. The minimum atomic E-state index is -0.301. The number of nitrogens with zero attached hydrogens (tertiary/aromatic N) is 1. The van der Waals surface area contributed by atoms with Gasteiger partial charge in [0.05, 0.1) is 6.10 Å². The van der Waals surface area contributed by atoms with Gasteiger partial charge in [-0.1, -0.05) is 45.0 Å². The monoisotopic (exact) mass is 317 g/mol. The molecule has 0 spiro atoms. The van der Waals surface area contributed by atoms with Crippen molar-refractivity contribution < 1.29 is 5.11 Å². The fourth-order valence-corrected chi connectivity index (χ4v) is 3.47. The van der Waals surface area contributed by atoms with Crippen molar-refractivity contribution >= 4 is 0 Å². The standard InChI is InChI=1S/C21H35NO/c1-17(2)16-19-7-9-20(10-8-19)21(23)6-4-5-13-22-14-11-18(3)12-15-22/h7-10,17-18,21,23H,4-6,11-16H2,1-3H3. The van der Waals surface area contributed by atoms with E-state index in [1.807, 2.05) is 0 Å². The van der Waals surface area contributed by atoms with E-state index in [1.54, 1.807) is 0 Å². The third-order valence-corrected chi connectivity index (χ3v) is 5.09. The average Bonchev–Trinajstić information content (AvgIpc) is 2.53. The molecule has 23 heavy (non-hydrogen) atoms. The van der Waals surface area contributed by atoms with Gasteiger partial charge in [-0.05, 0) is 81.1 Å². The van der Waals surface area contributed by atoms with Crippen LogP contribution >= 0.6 is 0 Å². The van der Waals surface area contributed by atoms with Crippen molar-refractivity contribution in [1.29, 1.82) is 0 Å². The molecule has 1 aromatic carbocycles. The van der Waals surface area contributed by atoms with Crippen molar-refractivity contribution in [2.45, 2.75) is 65.4 Å². The number of benzene rings is 1. The van der Waals surface area contributed by atoms with Gasteiger partial charge in [0.1, 0.15) is 0 Å². The van der Waals surface area contributed by atoms with Gasteiger partial charge in [-0.2, -0.15) is 0 Å². The Morgan fingerprint density at radius 1 is 1.09 bits per heavy atom. The molecule has 1 aromatic rings. The summed E-state index contributed by atoms with van der Waals surface area (Å²) in [4.78, 5) is 2.59. The molecule has 2 nitrogen and oxygen atoms in total. The van der Waals surface area contributed by atoms with E-state index in [0.29, 0.717) is 5.92 Å². The summed E-state index contributed by atoms with van der Waals surface area (Å²) in [5.41, 5.74) is 2.44. The molecule has 130 valence electrons. The SMILES string of the molecule is CC(C)Cc1ccc(C(O)CCCCN2CCC(C)CC2)cc1. The van der Waals surface area contributed by atoms with Crippen LogP contribution in [0.3, 0.4) is 0 Å². The van der Waals surface area contributed by atoms with E-state index in [9.17, 15) is 5.11 Å². The number of aliphatic hydroxyl groups excluding tert-OH is 1. The summed E-state index contributed by atoms with van der Waals surface area (Å²) in [6, 6.07) is 8.56. The van der Waals surface area contributed by atoms with E-state index in [2.05, 4.69) is 49.9 Å². The molecule has 2 rings (SSSR count). The first-order valence-corrected chi connectivity index (χ1v) is 9.54. The highest BCUT2D eigenvalue weighted by Crippen LogP contribution is 2.21. The Bertz CT molecular complexity index is 432. The van der Waals surface area contributed by atoms with E-state index in [0.717, 1.165) is 30.7 Å². The first-order chi connectivity index (χ1) is 11.0. The van der Waals surface area contributed by atoms with E-state index >= 15 is 0 Å². The van der Waals surface area contributed by atoms with Crippen molar-refractivity contribution in [3.05, 3.63) is 35.4 Å². The summed E-state index contributed by atoms with van der Waals surface area (Å²) in [5.74, 6) is 1.59. The van der Waals surface area contributed by atoms with Crippen LogP contribution in [0.1, 0.15) is 70.1 Å². The molecule has 1 heterocycles. The molecule has 2 heteroatoms. The number of hydrogen-bond acceptors (Lipinski definition) is 2. The maximum Gasteiger partial charge on any atom is 0.0790 e. The van der Waals surface area contributed by atoms with E-state index in [-0.39, 0.29) is 6.10 Å². The highest BCUT2D eigenvalue weighted by atomic mass is 16.3. The van der Waals surface area contributed by atoms with Crippen molar-refractivity contribution in [3.63, 3.8) is 0 Å². The molecule has 1 unspecified atom stereocenters. The van der Waals surface area contributed by atoms with E-state index in [1.165, 1.54) is 44.5 Å². The zero-order chi connectivity index (χ0) is 16.7. The van der Waals surface area contributed by atoms with Gasteiger partial charge in [0.25, 0.3) is 0 Å². The summed E-state index contributed by atoms with van der Waals surface area (Å²) in [5, 5.41) is 10.4. The highest BCUT2D eigenvalue weighted by Gasteiger charge is 2.15.